The highest BCUT2D eigenvalue weighted by atomic mass is 16.2. The summed E-state index contributed by atoms with van der Waals surface area (Å²) < 4.78 is 0. The van der Waals surface area contributed by atoms with Gasteiger partial charge in [0.2, 0.25) is 0 Å². The molecule has 1 N–H and O–H groups in total. The van der Waals surface area contributed by atoms with Crippen molar-refractivity contribution in [2.75, 3.05) is 7.05 Å². The molecule has 1 rings (SSSR count). The minimum absolute atomic E-state index is 0.0550. The molecule has 2 amide bonds. The van der Waals surface area contributed by atoms with Crippen LogP contribution in [0.5, 0.6) is 0 Å². The van der Waals surface area contributed by atoms with Crippen LogP contribution in [0.25, 0.3) is 0 Å². The predicted octanol–water partition coefficient (Wildman–Crippen LogP) is 1.44. The summed E-state index contributed by atoms with van der Waals surface area (Å²) >= 11 is 0. The van der Waals surface area contributed by atoms with Gasteiger partial charge in [-0.15, -0.1) is 0 Å². The van der Waals surface area contributed by atoms with Gasteiger partial charge in [-0.05, 0) is 26.2 Å². The van der Waals surface area contributed by atoms with Gasteiger partial charge in [-0.1, -0.05) is 6.92 Å². The summed E-state index contributed by atoms with van der Waals surface area (Å²) in [6, 6.07) is 0.761. The molecule has 0 saturated heterocycles. The van der Waals surface area contributed by atoms with Crippen LogP contribution in [0.4, 0.5) is 4.79 Å². The molecule has 0 aromatic rings. The molecule has 1 aliphatic rings. The van der Waals surface area contributed by atoms with E-state index < -0.39 is 0 Å². The first-order valence-electron chi connectivity index (χ1n) is 4.55. The zero-order chi connectivity index (χ0) is 9.30. The summed E-state index contributed by atoms with van der Waals surface area (Å²) in [7, 11) is 1.83. The highest BCUT2D eigenvalue weighted by molar-refractivity contribution is 5.74. The van der Waals surface area contributed by atoms with Gasteiger partial charge in [-0.3, -0.25) is 0 Å². The monoisotopic (exact) mass is 170 g/mol. The van der Waals surface area contributed by atoms with E-state index in [4.69, 9.17) is 0 Å². The predicted molar refractivity (Wildman–Crippen MR) is 49.0 cm³/mol. The Morgan fingerprint density at radius 2 is 2.08 bits per heavy atom. The largest absolute Gasteiger partial charge is 0.335 e. The van der Waals surface area contributed by atoms with E-state index in [0.717, 1.165) is 6.42 Å². The van der Waals surface area contributed by atoms with E-state index in [1.807, 2.05) is 20.9 Å². The van der Waals surface area contributed by atoms with Crippen LogP contribution in [-0.2, 0) is 0 Å². The van der Waals surface area contributed by atoms with E-state index >= 15 is 0 Å². The quantitative estimate of drug-likeness (QED) is 0.668. The van der Waals surface area contributed by atoms with E-state index in [1.165, 1.54) is 0 Å². The van der Waals surface area contributed by atoms with Crippen molar-refractivity contribution in [3.05, 3.63) is 0 Å². The lowest BCUT2D eigenvalue weighted by molar-refractivity contribution is 0.196. The van der Waals surface area contributed by atoms with E-state index in [9.17, 15) is 4.79 Å². The summed E-state index contributed by atoms with van der Waals surface area (Å²) in [5.74, 6) is 0.675. The van der Waals surface area contributed by atoms with Crippen molar-refractivity contribution in [2.24, 2.45) is 5.92 Å². The van der Waals surface area contributed by atoms with Gasteiger partial charge < -0.3 is 10.2 Å². The highest BCUT2D eigenvalue weighted by Gasteiger charge is 2.34. The lowest BCUT2D eigenvalue weighted by Crippen LogP contribution is -2.42. The van der Waals surface area contributed by atoms with Crippen LogP contribution in [0, 0.1) is 5.92 Å². The summed E-state index contributed by atoms with van der Waals surface area (Å²) in [4.78, 5) is 13.1. The number of amides is 2. The topological polar surface area (TPSA) is 32.3 Å². The average Bonchev–Trinajstić information content (AvgIpc) is 2.64. The van der Waals surface area contributed by atoms with Gasteiger partial charge in [0, 0.05) is 19.1 Å². The number of nitrogens with one attached hydrogen (secondary N) is 1. The summed E-state index contributed by atoms with van der Waals surface area (Å²) in [6.45, 7) is 6.17. The molecule has 1 saturated carbocycles. The smallest absolute Gasteiger partial charge is 0.317 e. The fourth-order valence-corrected chi connectivity index (χ4v) is 1.02. The van der Waals surface area contributed by atoms with Crippen molar-refractivity contribution in [2.45, 2.75) is 39.3 Å². The van der Waals surface area contributed by atoms with Gasteiger partial charge in [-0.2, -0.15) is 0 Å². The third kappa shape index (κ3) is 2.13. The van der Waals surface area contributed by atoms with Gasteiger partial charge in [0.1, 0.15) is 0 Å². The molecule has 0 aromatic carbocycles. The van der Waals surface area contributed by atoms with Crippen LogP contribution < -0.4 is 5.32 Å². The second kappa shape index (κ2) is 3.33. The molecule has 2 atom stereocenters. The maximum absolute atomic E-state index is 11.4. The second-order valence-corrected chi connectivity index (χ2v) is 3.97. The number of carbonyl (C=O) groups is 1. The lowest BCUT2D eigenvalue weighted by atomic mass is 10.3. The maximum atomic E-state index is 11.4. The Bertz CT molecular complexity index is 179. The fraction of sp³-hybridized carbons (Fsp3) is 0.889. The van der Waals surface area contributed by atoms with Crippen molar-refractivity contribution < 1.29 is 4.79 Å². The molecular formula is C9H18N2O. The lowest BCUT2D eigenvalue weighted by Gasteiger charge is -2.21. The Labute approximate surface area is 74.1 Å². The van der Waals surface area contributed by atoms with E-state index in [0.29, 0.717) is 12.0 Å². The van der Waals surface area contributed by atoms with Crippen LogP contribution in [0.15, 0.2) is 0 Å². The molecule has 0 spiro atoms. The van der Waals surface area contributed by atoms with Crippen molar-refractivity contribution >= 4 is 6.03 Å². The Balaban J connectivity index is 2.28. The summed E-state index contributed by atoms with van der Waals surface area (Å²) in [6.07, 6.45) is 1.14. The van der Waals surface area contributed by atoms with E-state index in [2.05, 4.69) is 12.2 Å². The number of carbonyl (C=O) groups excluding carboxylic acids is 1. The minimum atomic E-state index is 0.0550. The molecule has 0 heterocycles. The molecule has 3 nitrogen and oxygen atoms in total. The van der Waals surface area contributed by atoms with Gasteiger partial charge in [0.25, 0.3) is 0 Å². The van der Waals surface area contributed by atoms with Crippen molar-refractivity contribution in [3.8, 4) is 0 Å². The second-order valence-electron chi connectivity index (χ2n) is 3.97. The molecule has 0 aliphatic heterocycles. The van der Waals surface area contributed by atoms with Gasteiger partial charge in [0.15, 0.2) is 0 Å². The molecule has 1 fully saturated rings. The number of rotatable bonds is 2. The van der Waals surface area contributed by atoms with Crippen LogP contribution >= 0.6 is 0 Å². The van der Waals surface area contributed by atoms with Crippen molar-refractivity contribution in [1.29, 1.82) is 0 Å². The maximum Gasteiger partial charge on any atom is 0.317 e. The SMILES string of the molecule is CC(C)N(C)C(=O)N[C@@H]1C[C@H]1C. The van der Waals surface area contributed by atoms with Crippen LogP contribution in [-0.4, -0.2) is 30.1 Å². The molecule has 3 heteroatoms. The molecule has 0 unspecified atom stereocenters. The molecule has 0 aromatic heterocycles. The summed E-state index contributed by atoms with van der Waals surface area (Å²) in [5.41, 5.74) is 0. The summed E-state index contributed by atoms with van der Waals surface area (Å²) in [5, 5.41) is 2.97. The zero-order valence-corrected chi connectivity index (χ0v) is 8.29. The number of urea groups is 1. The number of nitrogens with zero attached hydrogens (tertiary/aromatic N) is 1. The fourth-order valence-electron chi connectivity index (χ4n) is 1.02. The molecule has 1 aliphatic carbocycles. The average molecular weight is 170 g/mol. The van der Waals surface area contributed by atoms with E-state index in [1.54, 1.807) is 4.90 Å². The standard InChI is InChI=1S/C9H18N2O/c1-6(2)11(4)9(12)10-8-5-7(8)3/h6-8H,5H2,1-4H3,(H,10,12)/t7-,8-/m1/s1. The first-order valence-corrected chi connectivity index (χ1v) is 4.55. The van der Waals surface area contributed by atoms with Crippen LogP contribution in [0.1, 0.15) is 27.2 Å². The molecule has 70 valence electrons. The van der Waals surface area contributed by atoms with Gasteiger partial charge in [0.05, 0.1) is 0 Å². The Kier molecular flexibility index (Phi) is 2.60. The van der Waals surface area contributed by atoms with Gasteiger partial charge >= 0.3 is 6.03 Å². The Morgan fingerprint density at radius 1 is 1.58 bits per heavy atom. The number of hydrogen-bond acceptors (Lipinski definition) is 1. The third-order valence-electron chi connectivity index (χ3n) is 2.51. The van der Waals surface area contributed by atoms with Crippen LogP contribution in [0.2, 0.25) is 0 Å². The minimum Gasteiger partial charge on any atom is -0.335 e. The highest BCUT2D eigenvalue weighted by Crippen LogP contribution is 2.29. The molecule has 12 heavy (non-hydrogen) atoms. The molecule has 0 radical (unpaired) electrons. The zero-order valence-electron chi connectivity index (χ0n) is 8.29. The van der Waals surface area contributed by atoms with E-state index in [-0.39, 0.29) is 12.1 Å². The first kappa shape index (κ1) is 9.36. The first-order chi connectivity index (χ1) is 5.52. The third-order valence-corrected chi connectivity index (χ3v) is 2.51. The molecular weight excluding hydrogens is 152 g/mol. The Morgan fingerprint density at radius 3 is 2.42 bits per heavy atom. The Hall–Kier alpha value is -0.730. The molecule has 0 bridgehead atoms. The van der Waals surface area contributed by atoms with Crippen molar-refractivity contribution in [1.82, 2.24) is 10.2 Å². The normalized spacial score (nSPS) is 27.1. The van der Waals surface area contributed by atoms with Crippen molar-refractivity contribution in [3.63, 3.8) is 0 Å². The van der Waals surface area contributed by atoms with Gasteiger partial charge in [-0.25, -0.2) is 4.79 Å². The number of hydrogen-bond donors (Lipinski definition) is 1. The van der Waals surface area contributed by atoms with Crippen LogP contribution in [0.3, 0.4) is 0 Å².